The molecule has 0 aliphatic rings. The third-order valence-electron chi connectivity index (χ3n) is 4.14. The largest absolute Gasteiger partial charge is 0.493 e. The third kappa shape index (κ3) is 4.12. The first kappa shape index (κ1) is 17.7. The number of hydrogen-bond donors (Lipinski definition) is 0. The van der Waals surface area contributed by atoms with Crippen LogP contribution in [0.3, 0.4) is 0 Å². The van der Waals surface area contributed by atoms with Crippen LogP contribution < -0.4 is 9.47 Å². The lowest BCUT2D eigenvalue weighted by atomic mass is 10.0. The van der Waals surface area contributed by atoms with Gasteiger partial charge in [-0.05, 0) is 40.5 Å². The Morgan fingerprint density at radius 2 is 1.77 bits per heavy atom. The van der Waals surface area contributed by atoms with E-state index in [-0.39, 0.29) is 5.97 Å². The number of carbonyl (C=O) groups excluding carboxylic acids is 1. The van der Waals surface area contributed by atoms with Gasteiger partial charge in [-0.25, -0.2) is 0 Å². The van der Waals surface area contributed by atoms with Crippen LogP contribution in [0, 0.1) is 0 Å². The van der Waals surface area contributed by atoms with Crippen LogP contribution in [0.1, 0.15) is 30.9 Å². The van der Waals surface area contributed by atoms with Gasteiger partial charge in [0.15, 0.2) is 11.5 Å². The van der Waals surface area contributed by atoms with E-state index in [1.807, 2.05) is 37.3 Å². The summed E-state index contributed by atoms with van der Waals surface area (Å²) in [5.74, 6) is 0.757. The van der Waals surface area contributed by atoms with Crippen molar-refractivity contribution in [3.05, 3.63) is 71.8 Å². The van der Waals surface area contributed by atoms with Gasteiger partial charge in [0, 0.05) is 6.42 Å². The average Bonchev–Trinajstić information content (AvgIpc) is 2.67. The Bertz CT molecular complexity index is 936. The molecule has 3 rings (SSSR count). The molecular formula is C23H22O3. The molecule has 0 radical (unpaired) electrons. The molecule has 3 nitrogen and oxygen atoms in total. The lowest BCUT2D eigenvalue weighted by molar-refractivity contribution is -0.134. The maximum Gasteiger partial charge on any atom is 0.311 e. The summed E-state index contributed by atoms with van der Waals surface area (Å²) in [6.07, 6.45) is 5.26. The van der Waals surface area contributed by atoms with Gasteiger partial charge in [-0.3, -0.25) is 4.79 Å². The molecule has 3 aromatic rings. The molecule has 0 bridgehead atoms. The van der Waals surface area contributed by atoms with E-state index in [0.717, 1.165) is 17.5 Å². The summed E-state index contributed by atoms with van der Waals surface area (Å²) in [6.45, 7) is 1.94. The zero-order valence-corrected chi connectivity index (χ0v) is 15.1. The van der Waals surface area contributed by atoms with Crippen LogP contribution in [0.25, 0.3) is 22.9 Å². The molecular weight excluding hydrogens is 324 g/mol. The monoisotopic (exact) mass is 346 g/mol. The fourth-order valence-corrected chi connectivity index (χ4v) is 2.83. The van der Waals surface area contributed by atoms with Gasteiger partial charge in [-0.1, -0.05) is 67.6 Å². The Labute approximate surface area is 153 Å². The van der Waals surface area contributed by atoms with Crippen molar-refractivity contribution in [2.75, 3.05) is 7.11 Å². The van der Waals surface area contributed by atoms with Crippen molar-refractivity contribution in [1.29, 1.82) is 0 Å². The molecule has 0 aliphatic heterocycles. The second kappa shape index (κ2) is 8.34. The normalized spacial score (nSPS) is 11.0. The van der Waals surface area contributed by atoms with Gasteiger partial charge in [0.05, 0.1) is 7.11 Å². The molecule has 0 aliphatic carbocycles. The molecule has 0 aromatic heterocycles. The van der Waals surface area contributed by atoms with Crippen LogP contribution in [0.2, 0.25) is 0 Å². The second-order valence-corrected chi connectivity index (χ2v) is 6.04. The van der Waals surface area contributed by atoms with Crippen LogP contribution in [-0.2, 0) is 4.79 Å². The summed E-state index contributed by atoms with van der Waals surface area (Å²) < 4.78 is 10.7. The number of esters is 1. The van der Waals surface area contributed by atoms with Crippen LogP contribution >= 0.6 is 0 Å². The summed E-state index contributed by atoms with van der Waals surface area (Å²) in [7, 11) is 1.57. The highest BCUT2D eigenvalue weighted by Gasteiger charge is 2.09. The van der Waals surface area contributed by atoms with E-state index in [2.05, 4.69) is 36.4 Å². The van der Waals surface area contributed by atoms with Crippen molar-refractivity contribution >= 4 is 28.9 Å². The zero-order chi connectivity index (χ0) is 18.4. The number of methoxy groups -OCH3 is 1. The SMILES string of the molecule is CCCC(=O)Oc1ccc(C=Cc2cccc3ccccc23)cc1OC. The van der Waals surface area contributed by atoms with Crippen molar-refractivity contribution in [3.63, 3.8) is 0 Å². The summed E-state index contributed by atoms with van der Waals surface area (Å²) in [4.78, 5) is 11.7. The maximum atomic E-state index is 11.7. The fraction of sp³-hybridized carbons (Fsp3) is 0.174. The Morgan fingerprint density at radius 3 is 2.58 bits per heavy atom. The fourth-order valence-electron chi connectivity index (χ4n) is 2.83. The van der Waals surface area contributed by atoms with E-state index in [4.69, 9.17) is 9.47 Å². The van der Waals surface area contributed by atoms with E-state index in [0.29, 0.717) is 17.9 Å². The van der Waals surface area contributed by atoms with Crippen molar-refractivity contribution in [3.8, 4) is 11.5 Å². The minimum Gasteiger partial charge on any atom is -0.493 e. The predicted molar refractivity (Wildman–Crippen MR) is 106 cm³/mol. The Hall–Kier alpha value is -3.07. The first-order chi connectivity index (χ1) is 12.7. The molecule has 0 amide bonds. The van der Waals surface area contributed by atoms with Crippen molar-refractivity contribution in [1.82, 2.24) is 0 Å². The zero-order valence-electron chi connectivity index (χ0n) is 15.1. The quantitative estimate of drug-likeness (QED) is 0.325. The number of benzene rings is 3. The van der Waals surface area contributed by atoms with E-state index in [9.17, 15) is 4.79 Å². The molecule has 0 fully saturated rings. The molecule has 0 saturated carbocycles. The third-order valence-corrected chi connectivity index (χ3v) is 4.14. The number of hydrogen-bond acceptors (Lipinski definition) is 3. The minimum atomic E-state index is -0.246. The lowest BCUT2D eigenvalue weighted by Crippen LogP contribution is -2.07. The Kier molecular flexibility index (Phi) is 5.69. The van der Waals surface area contributed by atoms with Crippen molar-refractivity contribution in [2.24, 2.45) is 0 Å². The van der Waals surface area contributed by atoms with E-state index >= 15 is 0 Å². The van der Waals surface area contributed by atoms with Crippen LogP contribution in [-0.4, -0.2) is 13.1 Å². The van der Waals surface area contributed by atoms with Gasteiger partial charge in [0.25, 0.3) is 0 Å². The molecule has 132 valence electrons. The molecule has 0 spiro atoms. The number of ether oxygens (including phenoxy) is 2. The predicted octanol–water partition coefficient (Wildman–Crippen LogP) is 5.72. The molecule has 0 saturated heterocycles. The van der Waals surface area contributed by atoms with E-state index in [1.54, 1.807) is 13.2 Å². The molecule has 3 heteroatoms. The highest BCUT2D eigenvalue weighted by atomic mass is 16.6. The van der Waals surface area contributed by atoms with Gasteiger partial charge < -0.3 is 9.47 Å². The molecule has 26 heavy (non-hydrogen) atoms. The molecule has 3 aromatic carbocycles. The summed E-state index contributed by atoms with van der Waals surface area (Å²) in [5.41, 5.74) is 2.13. The topological polar surface area (TPSA) is 35.5 Å². The van der Waals surface area contributed by atoms with Crippen molar-refractivity contribution < 1.29 is 14.3 Å². The highest BCUT2D eigenvalue weighted by molar-refractivity contribution is 5.92. The first-order valence-corrected chi connectivity index (χ1v) is 8.76. The van der Waals surface area contributed by atoms with Gasteiger partial charge in [0.2, 0.25) is 0 Å². The molecule has 0 atom stereocenters. The van der Waals surface area contributed by atoms with Gasteiger partial charge >= 0.3 is 5.97 Å². The average molecular weight is 346 g/mol. The standard InChI is InChI=1S/C23H22O3/c1-3-7-23(24)26-21-15-13-17(16-22(21)25-2)12-14-19-10-6-9-18-8-4-5-11-20(18)19/h4-6,8-16H,3,7H2,1-2H3. The maximum absolute atomic E-state index is 11.7. The van der Waals surface area contributed by atoms with Crippen LogP contribution in [0.15, 0.2) is 60.7 Å². The molecule has 0 unspecified atom stereocenters. The first-order valence-electron chi connectivity index (χ1n) is 8.76. The van der Waals surface area contributed by atoms with Crippen molar-refractivity contribution in [2.45, 2.75) is 19.8 Å². The van der Waals surface area contributed by atoms with Gasteiger partial charge in [0.1, 0.15) is 0 Å². The summed E-state index contributed by atoms with van der Waals surface area (Å²) in [5, 5.41) is 2.42. The number of rotatable bonds is 6. The van der Waals surface area contributed by atoms with Crippen LogP contribution in [0.4, 0.5) is 0 Å². The number of fused-ring (bicyclic) bond motifs is 1. The Morgan fingerprint density at radius 1 is 0.962 bits per heavy atom. The molecule has 0 N–H and O–H groups in total. The van der Waals surface area contributed by atoms with Gasteiger partial charge in [-0.2, -0.15) is 0 Å². The van der Waals surface area contributed by atoms with Crippen LogP contribution in [0.5, 0.6) is 11.5 Å². The van der Waals surface area contributed by atoms with E-state index in [1.165, 1.54) is 10.8 Å². The highest BCUT2D eigenvalue weighted by Crippen LogP contribution is 2.29. The second-order valence-electron chi connectivity index (χ2n) is 6.04. The Balaban J connectivity index is 1.85. The minimum absolute atomic E-state index is 0.246. The number of carbonyl (C=O) groups is 1. The summed E-state index contributed by atoms with van der Waals surface area (Å²) in [6, 6.07) is 20.1. The lowest BCUT2D eigenvalue weighted by Gasteiger charge is -2.09. The van der Waals surface area contributed by atoms with E-state index < -0.39 is 0 Å². The summed E-state index contributed by atoms with van der Waals surface area (Å²) >= 11 is 0. The smallest absolute Gasteiger partial charge is 0.311 e. The van der Waals surface area contributed by atoms with Gasteiger partial charge in [-0.15, -0.1) is 0 Å². The molecule has 0 heterocycles.